The predicted octanol–water partition coefficient (Wildman–Crippen LogP) is 3.49. The van der Waals surface area contributed by atoms with Crippen LogP contribution >= 0.6 is 15.9 Å². The highest BCUT2D eigenvalue weighted by Gasteiger charge is 2.08. The number of hydrogen-bond acceptors (Lipinski definition) is 2. The minimum absolute atomic E-state index is 0.0463. The Hall–Kier alpha value is -1.74. The summed E-state index contributed by atoms with van der Waals surface area (Å²) in [6.45, 7) is 0. The monoisotopic (exact) mass is 288 g/mol. The van der Waals surface area contributed by atoms with Crippen molar-refractivity contribution in [3.63, 3.8) is 0 Å². The van der Waals surface area contributed by atoms with Crippen LogP contribution in [0, 0.1) is 0 Å². The van der Waals surface area contributed by atoms with Gasteiger partial charge in [0.2, 0.25) is 0 Å². The van der Waals surface area contributed by atoms with Crippen LogP contribution in [0.3, 0.4) is 0 Å². The molecule has 0 saturated carbocycles. The van der Waals surface area contributed by atoms with E-state index >= 15 is 0 Å². The molecule has 0 saturated heterocycles. The Morgan fingerprint density at radius 3 is 1.82 bits per heavy atom. The van der Waals surface area contributed by atoms with Gasteiger partial charge in [0.25, 0.3) is 0 Å². The zero-order valence-electron chi connectivity index (χ0n) is 8.89. The van der Waals surface area contributed by atoms with E-state index in [2.05, 4.69) is 15.9 Å². The molecule has 17 heavy (non-hydrogen) atoms. The van der Waals surface area contributed by atoms with Crippen LogP contribution in [0.25, 0.3) is 0 Å². The van der Waals surface area contributed by atoms with Gasteiger partial charge in [-0.25, -0.2) is 0 Å². The van der Waals surface area contributed by atoms with Gasteiger partial charge in [0.1, 0.15) is 6.29 Å². The van der Waals surface area contributed by atoms with Gasteiger partial charge in [-0.3, -0.25) is 9.59 Å². The summed E-state index contributed by atoms with van der Waals surface area (Å²) in [4.78, 5) is 22.6. The molecule has 2 aromatic rings. The Bertz CT molecular complexity index is 541. The molecule has 2 rings (SSSR count). The van der Waals surface area contributed by atoms with Crippen molar-refractivity contribution in [2.45, 2.75) is 0 Å². The van der Waals surface area contributed by atoms with E-state index in [9.17, 15) is 9.59 Å². The maximum absolute atomic E-state index is 12.1. The Morgan fingerprint density at radius 1 is 0.882 bits per heavy atom. The number of hydrogen-bond donors (Lipinski definition) is 0. The fraction of sp³-hybridized carbons (Fsp3) is 0. The molecule has 0 N–H and O–H groups in total. The number of halogens is 1. The van der Waals surface area contributed by atoms with E-state index in [1.54, 1.807) is 36.4 Å². The molecule has 2 nitrogen and oxygen atoms in total. The van der Waals surface area contributed by atoms with Crippen LogP contribution in [0.15, 0.2) is 53.0 Å². The molecule has 0 radical (unpaired) electrons. The first-order valence-corrected chi connectivity index (χ1v) is 5.85. The molecule has 0 unspecified atom stereocenters. The number of rotatable bonds is 3. The van der Waals surface area contributed by atoms with E-state index < -0.39 is 0 Å². The summed E-state index contributed by atoms with van der Waals surface area (Å²) in [7, 11) is 0. The lowest BCUT2D eigenvalue weighted by Crippen LogP contribution is -2.00. The predicted molar refractivity (Wildman–Crippen MR) is 69.4 cm³/mol. The van der Waals surface area contributed by atoms with Gasteiger partial charge >= 0.3 is 0 Å². The van der Waals surface area contributed by atoms with Gasteiger partial charge in [-0.2, -0.15) is 0 Å². The molecule has 0 aliphatic heterocycles. The highest BCUT2D eigenvalue weighted by molar-refractivity contribution is 9.10. The van der Waals surface area contributed by atoms with E-state index in [4.69, 9.17) is 0 Å². The number of aldehydes is 1. The lowest BCUT2D eigenvalue weighted by molar-refractivity contribution is 0.103. The summed E-state index contributed by atoms with van der Waals surface area (Å²) >= 11 is 3.32. The zero-order valence-corrected chi connectivity index (χ0v) is 10.5. The van der Waals surface area contributed by atoms with Crippen LogP contribution in [0.2, 0.25) is 0 Å². The second-order valence-corrected chi connectivity index (χ2v) is 4.49. The van der Waals surface area contributed by atoms with E-state index in [0.29, 0.717) is 16.7 Å². The molecular formula is C14H9BrO2. The number of carbonyl (C=O) groups excluding carboxylic acids is 2. The normalized spacial score (nSPS) is 9.94. The van der Waals surface area contributed by atoms with Crippen LogP contribution in [0.5, 0.6) is 0 Å². The maximum atomic E-state index is 12.1. The Labute approximate surface area is 107 Å². The fourth-order valence-corrected chi connectivity index (χ4v) is 1.75. The molecule has 84 valence electrons. The molecule has 0 aromatic heterocycles. The lowest BCUT2D eigenvalue weighted by Gasteiger charge is -2.01. The first-order valence-electron chi connectivity index (χ1n) is 5.06. The standard InChI is InChI=1S/C14H9BrO2/c15-13-7-5-12(6-8-13)14(17)11-3-1-10(9-16)2-4-11/h1-9H. The third-order valence-corrected chi connectivity index (χ3v) is 2.94. The Balaban J connectivity index is 2.30. The second kappa shape index (κ2) is 5.06. The Kier molecular flexibility index (Phi) is 3.49. The van der Waals surface area contributed by atoms with Crippen molar-refractivity contribution >= 4 is 28.0 Å². The minimum Gasteiger partial charge on any atom is -0.298 e. The van der Waals surface area contributed by atoms with Crippen molar-refractivity contribution in [2.24, 2.45) is 0 Å². The molecule has 0 spiro atoms. The smallest absolute Gasteiger partial charge is 0.193 e. The summed E-state index contributed by atoms with van der Waals surface area (Å²) < 4.78 is 0.936. The van der Waals surface area contributed by atoms with Gasteiger partial charge in [-0.15, -0.1) is 0 Å². The molecule has 0 bridgehead atoms. The average Bonchev–Trinajstić information content (AvgIpc) is 2.39. The second-order valence-electron chi connectivity index (χ2n) is 3.58. The van der Waals surface area contributed by atoms with Crippen molar-refractivity contribution in [2.75, 3.05) is 0 Å². The van der Waals surface area contributed by atoms with Gasteiger partial charge in [-0.05, 0) is 24.3 Å². The SMILES string of the molecule is O=Cc1ccc(C(=O)c2ccc(Br)cc2)cc1. The summed E-state index contributed by atoms with van der Waals surface area (Å²) in [6.07, 6.45) is 0.758. The van der Waals surface area contributed by atoms with Crippen molar-refractivity contribution in [1.82, 2.24) is 0 Å². The highest BCUT2D eigenvalue weighted by Crippen LogP contribution is 2.14. The number of carbonyl (C=O) groups is 2. The zero-order chi connectivity index (χ0) is 12.3. The van der Waals surface area contributed by atoms with Crippen LogP contribution in [-0.4, -0.2) is 12.1 Å². The number of benzene rings is 2. The minimum atomic E-state index is -0.0463. The highest BCUT2D eigenvalue weighted by atomic mass is 79.9. The average molecular weight is 289 g/mol. The number of ketones is 1. The summed E-state index contributed by atoms with van der Waals surface area (Å²) in [6, 6.07) is 13.8. The van der Waals surface area contributed by atoms with E-state index in [-0.39, 0.29) is 5.78 Å². The van der Waals surface area contributed by atoms with E-state index in [0.717, 1.165) is 10.8 Å². The van der Waals surface area contributed by atoms with Crippen LogP contribution in [0.1, 0.15) is 26.3 Å². The van der Waals surface area contributed by atoms with Crippen LogP contribution in [0.4, 0.5) is 0 Å². The van der Waals surface area contributed by atoms with Crippen molar-refractivity contribution in [1.29, 1.82) is 0 Å². The molecule has 0 fully saturated rings. The summed E-state index contributed by atoms with van der Waals surface area (Å²) in [5, 5.41) is 0. The van der Waals surface area contributed by atoms with Crippen LogP contribution in [-0.2, 0) is 0 Å². The molecule has 0 aliphatic rings. The van der Waals surface area contributed by atoms with Crippen LogP contribution < -0.4 is 0 Å². The van der Waals surface area contributed by atoms with Gasteiger partial charge in [0.05, 0.1) is 0 Å². The molecule has 0 heterocycles. The molecule has 0 aliphatic carbocycles. The lowest BCUT2D eigenvalue weighted by atomic mass is 10.0. The molecule has 0 amide bonds. The summed E-state index contributed by atoms with van der Waals surface area (Å²) in [5.74, 6) is -0.0463. The van der Waals surface area contributed by atoms with Gasteiger partial charge in [0.15, 0.2) is 5.78 Å². The summed E-state index contributed by atoms with van der Waals surface area (Å²) in [5.41, 5.74) is 1.78. The first kappa shape index (κ1) is 11.7. The third-order valence-electron chi connectivity index (χ3n) is 2.42. The molecule has 0 atom stereocenters. The van der Waals surface area contributed by atoms with Gasteiger partial charge in [0, 0.05) is 21.2 Å². The van der Waals surface area contributed by atoms with Crippen molar-refractivity contribution in [3.8, 4) is 0 Å². The topological polar surface area (TPSA) is 34.1 Å². The van der Waals surface area contributed by atoms with Crippen molar-refractivity contribution < 1.29 is 9.59 Å². The van der Waals surface area contributed by atoms with Crippen molar-refractivity contribution in [3.05, 3.63) is 69.7 Å². The molecule has 3 heteroatoms. The van der Waals surface area contributed by atoms with Gasteiger partial charge < -0.3 is 0 Å². The first-order chi connectivity index (χ1) is 8.20. The Morgan fingerprint density at radius 2 is 1.35 bits per heavy atom. The molecular weight excluding hydrogens is 280 g/mol. The van der Waals surface area contributed by atoms with E-state index in [1.807, 2.05) is 12.1 Å². The maximum Gasteiger partial charge on any atom is 0.193 e. The third kappa shape index (κ3) is 2.68. The largest absolute Gasteiger partial charge is 0.298 e. The molecule has 2 aromatic carbocycles. The van der Waals surface area contributed by atoms with Gasteiger partial charge in [-0.1, -0.05) is 40.2 Å². The fourth-order valence-electron chi connectivity index (χ4n) is 1.48. The van der Waals surface area contributed by atoms with E-state index in [1.165, 1.54) is 0 Å². The quantitative estimate of drug-likeness (QED) is 0.640.